The van der Waals surface area contributed by atoms with Gasteiger partial charge in [-0.15, -0.1) is 0 Å². The molecule has 5 nitrogen and oxygen atoms in total. The van der Waals surface area contributed by atoms with E-state index in [0.717, 1.165) is 55.8 Å². The minimum atomic E-state index is -0.279. The van der Waals surface area contributed by atoms with Crippen LogP contribution in [0.25, 0.3) is 5.69 Å². The van der Waals surface area contributed by atoms with Gasteiger partial charge in [0.15, 0.2) is 0 Å². The van der Waals surface area contributed by atoms with Crippen molar-refractivity contribution in [3.05, 3.63) is 82.4 Å². The van der Waals surface area contributed by atoms with E-state index >= 15 is 0 Å². The predicted molar refractivity (Wildman–Crippen MR) is 127 cm³/mol. The smallest absolute Gasteiger partial charge is 0.227 e. The van der Waals surface area contributed by atoms with Crippen LogP contribution in [0.3, 0.4) is 0 Å². The Kier molecular flexibility index (Phi) is 6.02. The summed E-state index contributed by atoms with van der Waals surface area (Å²) in [5.74, 6) is -0.190. The molecule has 0 spiro atoms. The second-order valence-electron chi connectivity index (χ2n) is 9.29. The quantitative estimate of drug-likeness (QED) is 0.539. The molecule has 0 unspecified atom stereocenters. The van der Waals surface area contributed by atoms with E-state index in [1.807, 2.05) is 4.90 Å². The van der Waals surface area contributed by atoms with Crippen LogP contribution in [0.1, 0.15) is 47.8 Å². The average Bonchev–Trinajstić information content (AvgIpc) is 3.61. The summed E-state index contributed by atoms with van der Waals surface area (Å²) in [6.07, 6.45) is 3.32. The van der Waals surface area contributed by atoms with Crippen LogP contribution in [0.15, 0.2) is 48.5 Å². The fraction of sp³-hybridized carbons (Fsp3) is 0.407. The summed E-state index contributed by atoms with van der Waals surface area (Å²) in [6, 6.07) is 15.0. The molecule has 1 amide bonds. The minimum absolute atomic E-state index is 0.0888. The number of aromatic nitrogens is 2. The number of amides is 1. The first kappa shape index (κ1) is 21.8. The van der Waals surface area contributed by atoms with Gasteiger partial charge < -0.3 is 4.90 Å². The van der Waals surface area contributed by atoms with E-state index in [1.165, 1.54) is 29.0 Å². The maximum absolute atomic E-state index is 13.3. The largest absolute Gasteiger partial charge is 0.333 e. The van der Waals surface area contributed by atoms with Crippen LogP contribution < -0.4 is 0 Å². The fourth-order valence-electron chi connectivity index (χ4n) is 4.69. The van der Waals surface area contributed by atoms with Gasteiger partial charge in [-0.2, -0.15) is 5.10 Å². The van der Waals surface area contributed by atoms with Crippen molar-refractivity contribution in [1.29, 1.82) is 0 Å². The number of halogens is 1. The highest BCUT2D eigenvalue weighted by atomic mass is 19.1. The highest BCUT2D eigenvalue weighted by molar-refractivity contribution is 5.79. The molecule has 0 bridgehead atoms. The Morgan fingerprint density at radius 1 is 1.12 bits per heavy atom. The molecule has 6 heteroatoms. The van der Waals surface area contributed by atoms with Gasteiger partial charge in [-0.3, -0.25) is 9.69 Å². The highest BCUT2D eigenvalue weighted by Crippen LogP contribution is 2.32. The SMILES string of the molecule is CCN1CCc2c(c(CN(C(=O)Cc3ccc(F)cc3)C3CC3)nn2-c2ccc(C)cc2)C1. The molecule has 1 aliphatic carbocycles. The Morgan fingerprint density at radius 3 is 2.52 bits per heavy atom. The zero-order valence-electron chi connectivity index (χ0n) is 19.4. The van der Waals surface area contributed by atoms with E-state index in [2.05, 4.69) is 47.7 Å². The molecule has 33 heavy (non-hydrogen) atoms. The summed E-state index contributed by atoms with van der Waals surface area (Å²) in [4.78, 5) is 17.7. The van der Waals surface area contributed by atoms with Crippen molar-refractivity contribution in [3.8, 4) is 5.69 Å². The van der Waals surface area contributed by atoms with Crippen LogP contribution in [0.5, 0.6) is 0 Å². The molecule has 2 aromatic carbocycles. The number of hydrogen-bond donors (Lipinski definition) is 0. The number of aryl methyl sites for hydroxylation is 1. The van der Waals surface area contributed by atoms with Gasteiger partial charge in [-0.1, -0.05) is 36.8 Å². The van der Waals surface area contributed by atoms with Gasteiger partial charge in [0.1, 0.15) is 5.82 Å². The molecule has 0 N–H and O–H groups in total. The number of carbonyl (C=O) groups excluding carboxylic acids is 1. The summed E-state index contributed by atoms with van der Waals surface area (Å²) in [5.41, 5.74) is 6.68. The van der Waals surface area contributed by atoms with Crippen molar-refractivity contribution in [1.82, 2.24) is 19.6 Å². The number of rotatable bonds is 7. The summed E-state index contributed by atoms with van der Waals surface area (Å²) in [5, 5.41) is 5.06. The molecule has 1 saturated carbocycles. The summed E-state index contributed by atoms with van der Waals surface area (Å²) >= 11 is 0. The molecule has 1 aliphatic heterocycles. The highest BCUT2D eigenvalue weighted by Gasteiger charge is 2.35. The monoisotopic (exact) mass is 446 g/mol. The lowest BCUT2D eigenvalue weighted by atomic mass is 10.0. The second-order valence-corrected chi connectivity index (χ2v) is 9.29. The Labute approximate surface area is 194 Å². The standard InChI is InChI=1S/C27H31FN4O/c1-3-30-15-14-26-24(17-30)25(29-32(26)23-10-4-19(2)5-11-23)18-31(22-12-13-22)27(33)16-20-6-8-21(28)9-7-20/h4-11,22H,3,12-18H2,1-2H3. The first-order valence-corrected chi connectivity index (χ1v) is 11.9. The van der Waals surface area contributed by atoms with Crippen molar-refractivity contribution in [3.63, 3.8) is 0 Å². The lowest BCUT2D eigenvalue weighted by Gasteiger charge is -2.27. The van der Waals surface area contributed by atoms with Crippen LogP contribution >= 0.6 is 0 Å². The van der Waals surface area contributed by atoms with Crippen LogP contribution in [0.2, 0.25) is 0 Å². The van der Waals surface area contributed by atoms with Crippen molar-refractivity contribution >= 4 is 5.91 Å². The Hall–Kier alpha value is -2.99. The van der Waals surface area contributed by atoms with Crippen LogP contribution in [-0.2, 0) is 30.7 Å². The van der Waals surface area contributed by atoms with E-state index in [4.69, 9.17) is 5.10 Å². The lowest BCUT2D eigenvalue weighted by Crippen LogP contribution is -2.35. The lowest BCUT2D eigenvalue weighted by molar-refractivity contribution is -0.131. The third-order valence-electron chi connectivity index (χ3n) is 6.84. The minimum Gasteiger partial charge on any atom is -0.333 e. The van der Waals surface area contributed by atoms with Crippen LogP contribution in [-0.4, -0.2) is 44.6 Å². The Morgan fingerprint density at radius 2 is 1.85 bits per heavy atom. The Bertz CT molecular complexity index is 1130. The van der Waals surface area contributed by atoms with E-state index in [1.54, 1.807) is 12.1 Å². The predicted octanol–water partition coefficient (Wildman–Crippen LogP) is 4.43. The molecule has 2 aliphatic rings. The normalized spacial score (nSPS) is 16.0. The van der Waals surface area contributed by atoms with Gasteiger partial charge in [0.05, 0.1) is 30.0 Å². The summed E-state index contributed by atoms with van der Waals surface area (Å²) in [6.45, 7) is 7.72. The van der Waals surface area contributed by atoms with Gasteiger partial charge in [0.2, 0.25) is 5.91 Å². The van der Waals surface area contributed by atoms with E-state index in [0.29, 0.717) is 13.0 Å². The van der Waals surface area contributed by atoms with E-state index in [9.17, 15) is 9.18 Å². The number of carbonyl (C=O) groups is 1. The van der Waals surface area contributed by atoms with Gasteiger partial charge in [-0.05, 0) is 56.1 Å². The van der Waals surface area contributed by atoms with Crippen molar-refractivity contribution in [2.75, 3.05) is 13.1 Å². The van der Waals surface area contributed by atoms with Crippen molar-refractivity contribution in [2.24, 2.45) is 0 Å². The molecular formula is C27H31FN4O. The topological polar surface area (TPSA) is 41.4 Å². The number of hydrogen-bond acceptors (Lipinski definition) is 3. The molecular weight excluding hydrogens is 415 g/mol. The number of nitrogens with zero attached hydrogens (tertiary/aromatic N) is 4. The van der Waals surface area contributed by atoms with Crippen LogP contribution in [0.4, 0.5) is 4.39 Å². The number of benzene rings is 2. The molecule has 0 radical (unpaired) electrons. The summed E-state index contributed by atoms with van der Waals surface area (Å²) < 4.78 is 15.4. The molecule has 1 fully saturated rings. The number of likely N-dealkylation sites (N-methyl/N-ethyl adjacent to an activating group) is 1. The molecule has 172 valence electrons. The van der Waals surface area contributed by atoms with Gasteiger partial charge >= 0.3 is 0 Å². The third-order valence-corrected chi connectivity index (χ3v) is 6.84. The zero-order chi connectivity index (χ0) is 22.9. The molecule has 1 aromatic heterocycles. The van der Waals surface area contributed by atoms with Gasteiger partial charge in [0, 0.05) is 31.1 Å². The maximum atomic E-state index is 13.3. The Balaban J connectivity index is 1.45. The van der Waals surface area contributed by atoms with Crippen molar-refractivity contribution < 1.29 is 9.18 Å². The van der Waals surface area contributed by atoms with E-state index in [-0.39, 0.29) is 17.8 Å². The molecule has 2 heterocycles. The molecule has 5 rings (SSSR count). The first-order valence-electron chi connectivity index (χ1n) is 11.9. The number of fused-ring (bicyclic) bond motifs is 1. The summed E-state index contributed by atoms with van der Waals surface area (Å²) in [7, 11) is 0. The molecule has 0 atom stereocenters. The third kappa shape index (κ3) is 4.71. The second kappa shape index (κ2) is 9.10. The average molecular weight is 447 g/mol. The van der Waals surface area contributed by atoms with Gasteiger partial charge in [-0.25, -0.2) is 9.07 Å². The van der Waals surface area contributed by atoms with Crippen LogP contribution in [0, 0.1) is 12.7 Å². The fourth-order valence-corrected chi connectivity index (χ4v) is 4.69. The first-order chi connectivity index (χ1) is 16.0. The van der Waals surface area contributed by atoms with Gasteiger partial charge in [0.25, 0.3) is 0 Å². The van der Waals surface area contributed by atoms with Crippen molar-refractivity contribution in [2.45, 2.75) is 58.7 Å². The molecule has 3 aromatic rings. The zero-order valence-corrected chi connectivity index (χ0v) is 19.4. The van der Waals surface area contributed by atoms with E-state index < -0.39 is 0 Å². The maximum Gasteiger partial charge on any atom is 0.227 e. The molecule has 0 saturated heterocycles.